The summed E-state index contributed by atoms with van der Waals surface area (Å²) in [5, 5.41) is 0. The van der Waals surface area contributed by atoms with Gasteiger partial charge in [0.1, 0.15) is 0 Å². The number of nitrogens with one attached hydrogen (secondary N) is 1. The van der Waals surface area contributed by atoms with Gasteiger partial charge in [-0.3, -0.25) is 4.98 Å². The largest absolute Gasteiger partial charge is 0.360 e. The smallest absolute Gasteiger partial charge is 0.0881 e. The van der Waals surface area contributed by atoms with Crippen molar-refractivity contribution >= 4 is 11.0 Å². The van der Waals surface area contributed by atoms with Crippen LogP contribution in [0.25, 0.3) is 11.0 Å². The maximum Gasteiger partial charge on any atom is 0.0881 e. The molecule has 0 spiro atoms. The van der Waals surface area contributed by atoms with E-state index in [-0.39, 0.29) is 0 Å². The molecule has 0 unspecified atom stereocenters. The molecule has 13 heavy (non-hydrogen) atoms. The van der Waals surface area contributed by atoms with E-state index in [1.165, 1.54) is 16.6 Å². The van der Waals surface area contributed by atoms with Crippen molar-refractivity contribution in [3.63, 3.8) is 0 Å². The lowest BCUT2D eigenvalue weighted by atomic mass is 10.00. The summed E-state index contributed by atoms with van der Waals surface area (Å²) in [6.45, 7) is 6.54. The molecule has 0 amide bonds. The SMILES string of the molecule is Cc1c(C(C)C)cnc2cc[nH]c12. The van der Waals surface area contributed by atoms with Crippen molar-refractivity contribution in [3.8, 4) is 0 Å². The van der Waals surface area contributed by atoms with Gasteiger partial charge in [0.2, 0.25) is 0 Å². The number of aromatic nitrogens is 2. The lowest BCUT2D eigenvalue weighted by Gasteiger charge is -2.08. The Labute approximate surface area is 78.0 Å². The highest BCUT2D eigenvalue weighted by Gasteiger charge is 2.07. The monoisotopic (exact) mass is 174 g/mol. The number of aryl methyl sites for hydroxylation is 1. The van der Waals surface area contributed by atoms with Crippen molar-refractivity contribution in [2.24, 2.45) is 0 Å². The number of hydrogen-bond acceptors (Lipinski definition) is 1. The van der Waals surface area contributed by atoms with Crippen molar-refractivity contribution in [2.75, 3.05) is 0 Å². The van der Waals surface area contributed by atoms with Crippen molar-refractivity contribution in [3.05, 3.63) is 29.6 Å². The zero-order chi connectivity index (χ0) is 9.42. The van der Waals surface area contributed by atoms with Crippen LogP contribution < -0.4 is 0 Å². The minimum Gasteiger partial charge on any atom is -0.360 e. The van der Waals surface area contributed by atoms with Crippen LogP contribution >= 0.6 is 0 Å². The van der Waals surface area contributed by atoms with E-state index in [1.54, 1.807) is 0 Å². The van der Waals surface area contributed by atoms with Gasteiger partial charge in [0.05, 0.1) is 11.0 Å². The lowest BCUT2D eigenvalue weighted by molar-refractivity contribution is 0.852. The molecule has 2 rings (SSSR count). The van der Waals surface area contributed by atoms with E-state index in [2.05, 4.69) is 30.7 Å². The number of nitrogens with zero attached hydrogens (tertiary/aromatic N) is 1. The molecule has 0 bridgehead atoms. The molecule has 2 heteroatoms. The van der Waals surface area contributed by atoms with Gasteiger partial charge in [0, 0.05) is 12.4 Å². The van der Waals surface area contributed by atoms with Gasteiger partial charge in [-0.1, -0.05) is 13.8 Å². The molecule has 68 valence electrons. The minimum absolute atomic E-state index is 0.542. The predicted octanol–water partition coefficient (Wildman–Crippen LogP) is 2.99. The number of pyridine rings is 1. The standard InChI is InChI=1S/C11H14N2/c1-7(2)9-6-13-10-4-5-12-11(10)8(9)3/h4-7,12H,1-3H3. The zero-order valence-corrected chi connectivity index (χ0v) is 8.26. The van der Waals surface area contributed by atoms with Crippen LogP contribution in [-0.4, -0.2) is 9.97 Å². The highest BCUT2D eigenvalue weighted by atomic mass is 14.8. The van der Waals surface area contributed by atoms with Crippen LogP contribution in [0.3, 0.4) is 0 Å². The second-order valence-electron chi connectivity index (χ2n) is 3.73. The van der Waals surface area contributed by atoms with E-state index in [4.69, 9.17) is 0 Å². The van der Waals surface area contributed by atoms with Gasteiger partial charge in [0.25, 0.3) is 0 Å². The quantitative estimate of drug-likeness (QED) is 0.707. The predicted molar refractivity (Wildman–Crippen MR) is 54.9 cm³/mol. The third-order valence-corrected chi connectivity index (χ3v) is 2.50. The summed E-state index contributed by atoms with van der Waals surface area (Å²) in [6.07, 6.45) is 3.92. The van der Waals surface area contributed by atoms with E-state index in [0.717, 1.165) is 5.52 Å². The first-order valence-electron chi connectivity index (χ1n) is 4.62. The Morgan fingerprint density at radius 2 is 2.15 bits per heavy atom. The molecule has 0 aliphatic rings. The lowest BCUT2D eigenvalue weighted by Crippen LogP contribution is -1.94. The molecule has 1 N–H and O–H groups in total. The normalized spacial score (nSPS) is 11.4. The Hall–Kier alpha value is -1.31. The average molecular weight is 174 g/mol. The fraction of sp³-hybridized carbons (Fsp3) is 0.364. The molecule has 0 aliphatic heterocycles. The van der Waals surface area contributed by atoms with Crippen LogP contribution in [0.1, 0.15) is 30.9 Å². The van der Waals surface area contributed by atoms with E-state index >= 15 is 0 Å². The Kier molecular flexibility index (Phi) is 1.83. The highest BCUT2D eigenvalue weighted by molar-refractivity contribution is 5.79. The highest BCUT2D eigenvalue weighted by Crippen LogP contribution is 2.23. The van der Waals surface area contributed by atoms with Gasteiger partial charge in [-0.05, 0) is 30.0 Å². The third-order valence-electron chi connectivity index (χ3n) is 2.50. The second-order valence-corrected chi connectivity index (χ2v) is 3.73. The van der Waals surface area contributed by atoms with Crippen LogP contribution in [-0.2, 0) is 0 Å². The first-order chi connectivity index (χ1) is 6.20. The molecular weight excluding hydrogens is 160 g/mol. The minimum atomic E-state index is 0.542. The van der Waals surface area contributed by atoms with Crippen LogP contribution in [0.2, 0.25) is 0 Å². The topological polar surface area (TPSA) is 28.7 Å². The molecule has 2 nitrogen and oxygen atoms in total. The summed E-state index contributed by atoms with van der Waals surface area (Å²) >= 11 is 0. The molecule has 0 aromatic carbocycles. The average Bonchev–Trinajstić information content (AvgIpc) is 2.52. The first-order valence-corrected chi connectivity index (χ1v) is 4.62. The molecule has 0 fully saturated rings. The third kappa shape index (κ3) is 1.22. The Morgan fingerprint density at radius 1 is 1.38 bits per heavy atom. The molecule has 0 saturated carbocycles. The molecule has 2 aromatic rings. The molecule has 0 saturated heterocycles. The second kappa shape index (κ2) is 2.87. The number of hydrogen-bond donors (Lipinski definition) is 1. The van der Waals surface area contributed by atoms with Crippen molar-refractivity contribution in [2.45, 2.75) is 26.7 Å². The fourth-order valence-corrected chi connectivity index (χ4v) is 1.73. The summed E-state index contributed by atoms with van der Waals surface area (Å²) in [7, 11) is 0. The Morgan fingerprint density at radius 3 is 2.85 bits per heavy atom. The summed E-state index contributed by atoms with van der Waals surface area (Å²) < 4.78 is 0. The van der Waals surface area contributed by atoms with Crippen LogP contribution in [0, 0.1) is 6.92 Å². The van der Waals surface area contributed by atoms with Crippen molar-refractivity contribution in [1.82, 2.24) is 9.97 Å². The number of rotatable bonds is 1. The number of fused-ring (bicyclic) bond motifs is 1. The zero-order valence-electron chi connectivity index (χ0n) is 8.26. The molecule has 0 radical (unpaired) electrons. The summed E-state index contributed by atoms with van der Waals surface area (Å²) in [4.78, 5) is 7.61. The fourth-order valence-electron chi connectivity index (χ4n) is 1.73. The maximum atomic E-state index is 4.39. The maximum absolute atomic E-state index is 4.39. The molecule has 2 aromatic heterocycles. The molecule has 2 heterocycles. The number of H-pyrrole nitrogens is 1. The van der Waals surface area contributed by atoms with E-state index in [0.29, 0.717) is 5.92 Å². The van der Waals surface area contributed by atoms with Crippen molar-refractivity contribution < 1.29 is 0 Å². The van der Waals surface area contributed by atoms with Gasteiger partial charge in [-0.15, -0.1) is 0 Å². The van der Waals surface area contributed by atoms with Gasteiger partial charge < -0.3 is 4.98 Å². The molecule has 0 atom stereocenters. The Balaban J connectivity index is 2.73. The van der Waals surface area contributed by atoms with Crippen LogP contribution in [0.15, 0.2) is 18.5 Å². The van der Waals surface area contributed by atoms with Gasteiger partial charge in [-0.2, -0.15) is 0 Å². The first kappa shape index (κ1) is 8.30. The Bertz CT molecular complexity index is 427. The van der Waals surface area contributed by atoms with Gasteiger partial charge in [-0.25, -0.2) is 0 Å². The van der Waals surface area contributed by atoms with Crippen LogP contribution in [0.4, 0.5) is 0 Å². The van der Waals surface area contributed by atoms with E-state index in [1.807, 2.05) is 18.5 Å². The van der Waals surface area contributed by atoms with Gasteiger partial charge in [0.15, 0.2) is 0 Å². The summed E-state index contributed by atoms with van der Waals surface area (Å²) in [6, 6.07) is 2.01. The molecule has 0 aliphatic carbocycles. The van der Waals surface area contributed by atoms with Crippen LogP contribution in [0.5, 0.6) is 0 Å². The summed E-state index contributed by atoms with van der Waals surface area (Å²) in [5.41, 5.74) is 4.88. The van der Waals surface area contributed by atoms with Crippen molar-refractivity contribution in [1.29, 1.82) is 0 Å². The summed E-state index contributed by atoms with van der Waals surface area (Å²) in [5.74, 6) is 0.542. The number of aromatic amines is 1. The molecular formula is C11H14N2. The van der Waals surface area contributed by atoms with E-state index in [9.17, 15) is 0 Å². The van der Waals surface area contributed by atoms with E-state index < -0.39 is 0 Å². The van der Waals surface area contributed by atoms with Gasteiger partial charge >= 0.3 is 0 Å².